The largest absolute Gasteiger partial charge is 0.510 e. The molecule has 0 aliphatic carbocycles. The van der Waals surface area contributed by atoms with Crippen LogP contribution in [0.1, 0.15) is 102 Å². The third-order valence-corrected chi connectivity index (χ3v) is 13.3. The predicted molar refractivity (Wildman–Crippen MR) is 269 cm³/mol. The number of carbonyl (C=O) groups is 4. The van der Waals surface area contributed by atoms with E-state index in [4.69, 9.17) is 70.2 Å². The third-order valence-electron chi connectivity index (χ3n) is 9.99. The van der Waals surface area contributed by atoms with E-state index in [-0.39, 0.29) is 31.8 Å². The van der Waals surface area contributed by atoms with Gasteiger partial charge < -0.3 is 76.9 Å². The quantitative estimate of drug-likeness (QED) is 0.0338. The standard InChI is InChI=1S/C27H41O12P.C18H33O14P.C2H6.CH4/c1-18(2)37-26(28)33-16-35-40(30,36-17-34-27(29)38-19(3)4)14-13-23-20(5)21(6)24(25(31-7)39-23)32-15-22-11-9-8-10-12-22;1-10(2)30-17(22)26-8-28-33(24,29-9-27-18(23)31-11(3)4)7-6-12-13(19)14(20)15(21)16(25-5)32-12;1-2;/h8-14,18-21,23-25H,15-17H2,1-7H3;10-16,19-21H,6-9H2,1-5H3;1-2H3;1H4/b14-13+;;;. The average Bonchev–Trinajstić information content (AvgIpc) is 3.33. The highest BCUT2D eigenvalue weighted by molar-refractivity contribution is 7.57. The number of methoxy groups -OCH3 is 2. The van der Waals surface area contributed by atoms with Crippen LogP contribution < -0.4 is 0 Å². The Bertz CT molecular complexity index is 1840. The van der Waals surface area contributed by atoms with Crippen LogP contribution >= 0.6 is 15.2 Å². The molecule has 28 heteroatoms. The number of rotatable bonds is 26. The highest BCUT2D eigenvalue weighted by Gasteiger charge is 2.45. The minimum atomic E-state index is -4.11. The van der Waals surface area contributed by atoms with Crippen LogP contribution in [-0.2, 0) is 95.4 Å². The SMILES string of the molecule is C.CC.COC1OC(/C=C/P(=O)(OCOC(=O)OC(C)C)OCOC(=O)OC(C)C)C(C)C(C)C1OCc1ccccc1.COC1OC(CCP(=O)(OCOC(=O)OC(C)C)OCOC(=O)OC(C)C)C(O)C(O)C1O. The molecule has 2 heterocycles. The second-order valence-electron chi connectivity index (χ2n) is 17.2. The molecule has 2 fully saturated rings. The molecule has 0 aromatic heterocycles. The monoisotopic (exact) mass is 1140 g/mol. The van der Waals surface area contributed by atoms with Crippen LogP contribution in [0.15, 0.2) is 42.2 Å². The van der Waals surface area contributed by atoms with Crippen molar-refractivity contribution in [1.82, 2.24) is 0 Å². The maximum Gasteiger partial charge on any atom is 0.510 e. The fourth-order valence-electron chi connectivity index (χ4n) is 6.24. The summed E-state index contributed by atoms with van der Waals surface area (Å²) in [5, 5.41) is 29.9. The van der Waals surface area contributed by atoms with Crippen molar-refractivity contribution in [2.24, 2.45) is 11.8 Å². The summed E-state index contributed by atoms with van der Waals surface area (Å²) >= 11 is 0. The van der Waals surface area contributed by atoms with Gasteiger partial charge in [-0.3, -0.25) is 27.2 Å². The summed E-state index contributed by atoms with van der Waals surface area (Å²) in [6.45, 7) is 18.2. The van der Waals surface area contributed by atoms with E-state index in [1.54, 1.807) is 55.4 Å². The van der Waals surface area contributed by atoms with E-state index in [0.29, 0.717) is 6.61 Å². The fraction of sp³-hybridized carbons (Fsp3) is 0.750. The van der Waals surface area contributed by atoms with Gasteiger partial charge in [-0.25, -0.2) is 19.2 Å². The molecule has 0 radical (unpaired) electrons. The van der Waals surface area contributed by atoms with Crippen LogP contribution in [0.25, 0.3) is 0 Å². The van der Waals surface area contributed by atoms with E-state index in [0.717, 1.165) is 11.4 Å². The van der Waals surface area contributed by atoms with E-state index >= 15 is 0 Å². The molecule has 76 heavy (non-hydrogen) atoms. The van der Waals surface area contributed by atoms with Crippen molar-refractivity contribution in [2.45, 2.75) is 177 Å². The van der Waals surface area contributed by atoms with Gasteiger partial charge in [-0.1, -0.05) is 65.5 Å². The molecular weight excluding hydrogens is 1050 g/mol. The first-order valence-electron chi connectivity index (χ1n) is 24.2. The van der Waals surface area contributed by atoms with Crippen LogP contribution in [0.3, 0.4) is 0 Å². The Morgan fingerprint density at radius 1 is 0.605 bits per heavy atom. The molecular formula is C48H84O26P2. The van der Waals surface area contributed by atoms with Gasteiger partial charge in [0, 0.05) is 20.0 Å². The van der Waals surface area contributed by atoms with Crippen molar-refractivity contribution < 1.29 is 123 Å². The molecule has 0 saturated carbocycles. The first kappa shape index (κ1) is 72.0. The number of ether oxygens (including phenoxy) is 13. The van der Waals surface area contributed by atoms with Crippen LogP contribution in [0.5, 0.6) is 0 Å². The Hall–Kier alpha value is -3.98. The van der Waals surface area contributed by atoms with Gasteiger partial charge in [-0.05, 0) is 85.3 Å². The molecule has 10 atom stereocenters. The molecule has 26 nitrogen and oxygen atoms in total. The van der Waals surface area contributed by atoms with Gasteiger partial charge >= 0.3 is 39.8 Å². The van der Waals surface area contributed by atoms with Crippen LogP contribution in [0.4, 0.5) is 19.2 Å². The molecule has 1 aromatic rings. The molecule has 0 bridgehead atoms. The average molecular weight is 1140 g/mol. The van der Waals surface area contributed by atoms with Crippen LogP contribution in [0.2, 0.25) is 0 Å². The van der Waals surface area contributed by atoms with Crippen LogP contribution in [0, 0.1) is 11.8 Å². The molecule has 2 aliphatic heterocycles. The number of hydrogen-bond donors (Lipinski definition) is 3. The molecule has 2 saturated heterocycles. The van der Waals surface area contributed by atoms with Crippen molar-refractivity contribution in [1.29, 1.82) is 0 Å². The summed E-state index contributed by atoms with van der Waals surface area (Å²) in [5.41, 5.74) is 1.02. The molecule has 2 aliphatic rings. The van der Waals surface area contributed by atoms with Gasteiger partial charge in [0.05, 0.1) is 49.4 Å². The smallest absolute Gasteiger partial charge is 0.432 e. The molecule has 442 valence electrons. The molecule has 3 rings (SSSR count). The van der Waals surface area contributed by atoms with Gasteiger partial charge in [0.15, 0.2) is 12.6 Å². The Balaban J connectivity index is 0.00000144. The van der Waals surface area contributed by atoms with Gasteiger partial charge in [-0.2, -0.15) is 0 Å². The van der Waals surface area contributed by atoms with Crippen molar-refractivity contribution in [3.8, 4) is 0 Å². The lowest BCUT2D eigenvalue weighted by molar-refractivity contribution is -0.290. The van der Waals surface area contributed by atoms with Gasteiger partial charge in [-0.15, -0.1) is 0 Å². The summed E-state index contributed by atoms with van der Waals surface area (Å²) in [4.78, 5) is 46.3. The predicted octanol–water partition coefficient (Wildman–Crippen LogP) is 8.75. The van der Waals surface area contributed by atoms with Crippen molar-refractivity contribution in [2.75, 3.05) is 47.6 Å². The molecule has 3 N–H and O–H groups in total. The fourth-order valence-corrected chi connectivity index (χ4v) is 8.59. The first-order valence-corrected chi connectivity index (χ1v) is 27.5. The van der Waals surface area contributed by atoms with Crippen molar-refractivity contribution in [3.63, 3.8) is 0 Å². The first-order chi connectivity index (χ1) is 35.3. The Kier molecular flexibility index (Phi) is 35.8. The number of aliphatic hydroxyl groups is 3. The third kappa shape index (κ3) is 28.1. The zero-order chi connectivity index (χ0) is 56.9. The van der Waals surface area contributed by atoms with Gasteiger partial charge in [0.25, 0.3) is 0 Å². The zero-order valence-corrected chi connectivity index (χ0v) is 47.0. The molecule has 1 aromatic carbocycles. The van der Waals surface area contributed by atoms with E-state index in [1.165, 1.54) is 20.3 Å². The Morgan fingerprint density at radius 3 is 1.43 bits per heavy atom. The second-order valence-corrected chi connectivity index (χ2v) is 21.3. The van der Waals surface area contributed by atoms with Gasteiger partial charge in [0.2, 0.25) is 27.2 Å². The van der Waals surface area contributed by atoms with Crippen LogP contribution in [-0.4, -0.2) is 161 Å². The van der Waals surface area contributed by atoms with E-state index < -0.39 is 141 Å². The summed E-state index contributed by atoms with van der Waals surface area (Å²) in [7, 11) is -5.46. The summed E-state index contributed by atoms with van der Waals surface area (Å²) in [6.07, 6.45) is -13.6. The number of benzene rings is 1. The summed E-state index contributed by atoms with van der Waals surface area (Å²) in [6, 6.07) is 9.76. The molecule has 0 spiro atoms. The number of aliphatic hydroxyl groups excluding tert-OH is 3. The van der Waals surface area contributed by atoms with E-state index in [9.17, 15) is 43.6 Å². The Morgan fingerprint density at radius 2 is 1.03 bits per heavy atom. The maximum absolute atomic E-state index is 13.4. The van der Waals surface area contributed by atoms with E-state index in [1.807, 2.05) is 58.0 Å². The topological polar surface area (TPSA) is 320 Å². The minimum Gasteiger partial charge on any atom is -0.432 e. The zero-order valence-electron chi connectivity index (χ0n) is 45.2. The van der Waals surface area contributed by atoms with Crippen molar-refractivity contribution in [3.05, 3.63) is 47.8 Å². The normalized spacial score (nSPS) is 23.5. The molecule has 0 amide bonds. The highest BCUT2D eigenvalue weighted by atomic mass is 31.2. The lowest BCUT2D eigenvalue weighted by atomic mass is 9.83. The second kappa shape index (κ2) is 37.8. The molecule has 10 unspecified atom stereocenters. The van der Waals surface area contributed by atoms with Gasteiger partial charge in [0.1, 0.15) is 24.4 Å². The number of hydrogen-bond acceptors (Lipinski definition) is 26. The maximum atomic E-state index is 13.4. The minimum absolute atomic E-state index is 0. The van der Waals surface area contributed by atoms with E-state index in [2.05, 4.69) is 9.47 Å². The van der Waals surface area contributed by atoms with Crippen molar-refractivity contribution >= 4 is 39.8 Å². The summed E-state index contributed by atoms with van der Waals surface area (Å²) in [5.74, 6) is 1.06. The summed E-state index contributed by atoms with van der Waals surface area (Å²) < 4.78 is 113. The lowest BCUT2D eigenvalue weighted by Gasteiger charge is -2.43. The Labute approximate surface area is 446 Å². The lowest BCUT2D eigenvalue weighted by Crippen LogP contribution is -2.58. The highest BCUT2D eigenvalue weighted by Crippen LogP contribution is 2.51. The number of carbonyl (C=O) groups excluding carboxylic acids is 4.